The molecular formula is C16H25ClN2S. The predicted octanol–water partition coefficient (Wildman–Crippen LogP) is 4.07. The summed E-state index contributed by atoms with van der Waals surface area (Å²) >= 11 is 7.74. The molecule has 1 unspecified atom stereocenters. The number of piperidine rings is 1. The van der Waals surface area contributed by atoms with E-state index in [0.29, 0.717) is 0 Å². The molecule has 1 aromatic heterocycles. The number of hydrogen-bond donors (Lipinski definition) is 1. The largest absolute Gasteiger partial charge is 0.326 e. The zero-order chi connectivity index (χ0) is 14.0. The summed E-state index contributed by atoms with van der Waals surface area (Å²) in [6, 6.07) is 4.39. The van der Waals surface area contributed by atoms with Crippen molar-refractivity contribution in [1.82, 2.24) is 4.90 Å². The van der Waals surface area contributed by atoms with Gasteiger partial charge in [0.15, 0.2) is 0 Å². The summed E-state index contributed by atoms with van der Waals surface area (Å²) in [5, 5.41) is 0. The average molecular weight is 313 g/mol. The molecule has 1 aliphatic heterocycles. The highest BCUT2D eigenvalue weighted by molar-refractivity contribution is 7.16. The van der Waals surface area contributed by atoms with Gasteiger partial charge >= 0.3 is 0 Å². The van der Waals surface area contributed by atoms with Gasteiger partial charge in [0.2, 0.25) is 0 Å². The lowest BCUT2D eigenvalue weighted by Gasteiger charge is -2.47. The summed E-state index contributed by atoms with van der Waals surface area (Å²) in [7, 11) is 0. The number of nitrogens with zero attached hydrogens (tertiary/aromatic N) is 1. The van der Waals surface area contributed by atoms with Gasteiger partial charge in [0, 0.05) is 16.5 Å². The number of likely N-dealkylation sites (tertiary alicyclic amines) is 1. The molecule has 1 atom stereocenters. The van der Waals surface area contributed by atoms with Crippen LogP contribution in [0.5, 0.6) is 0 Å². The number of hydrogen-bond acceptors (Lipinski definition) is 3. The van der Waals surface area contributed by atoms with E-state index in [2.05, 4.69) is 11.0 Å². The number of thiophene rings is 1. The molecule has 2 N–H and O–H groups in total. The summed E-state index contributed by atoms with van der Waals surface area (Å²) in [4.78, 5) is 4.06. The van der Waals surface area contributed by atoms with Crippen molar-refractivity contribution in [1.29, 1.82) is 0 Å². The minimum absolute atomic E-state index is 0.248. The second kappa shape index (κ2) is 6.35. The van der Waals surface area contributed by atoms with Crippen LogP contribution < -0.4 is 5.73 Å². The van der Waals surface area contributed by atoms with E-state index in [0.717, 1.165) is 10.8 Å². The van der Waals surface area contributed by atoms with Crippen molar-refractivity contribution < 1.29 is 0 Å². The van der Waals surface area contributed by atoms with Crippen LogP contribution in [0, 0.1) is 0 Å². The second-order valence-corrected chi connectivity index (χ2v) is 8.17. The Hall–Kier alpha value is -0.0900. The minimum atomic E-state index is 0.248. The van der Waals surface area contributed by atoms with E-state index in [-0.39, 0.29) is 11.6 Å². The molecule has 0 spiro atoms. The Morgan fingerprint density at radius 2 is 1.85 bits per heavy atom. The van der Waals surface area contributed by atoms with Gasteiger partial charge in [-0.3, -0.25) is 4.90 Å². The quantitative estimate of drug-likeness (QED) is 0.908. The highest BCUT2D eigenvalue weighted by Gasteiger charge is 2.44. The van der Waals surface area contributed by atoms with Crippen LogP contribution in [0.15, 0.2) is 12.1 Å². The van der Waals surface area contributed by atoms with Crippen molar-refractivity contribution in [2.24, 2.45) is 5.73 Å². The predicted molar refractivity (Wildman–Crippen MR) is 87.6 cm³/mol. The Balaban J connectivity index is 1.75. The van der Waals surface area contributed by atoms with Gasteiger partial charge in [0.05, 0.1) is 4.34 Å². The van der Waals surface area contributed by atoms with Crippen molar-refractivity contribution in [3.05, 3.63) is 21.3 Å². The zero-order valence-electron chi connectivity index (χ0n) is 12.1. The first-order valence-corrected chi connectivity index (χ1v) is 9.15. The highest BCUT2D eigenvalue weighted by atomic mass is 35.5. The maximum atomic E-state index is 6.71. The fourth-order valence-electron chi connectivity index (χ4n) is 4.12. The Morgan fingerprint density at radius 3 is 2.45 bits per heavy atom. The summed E-state index contributed by atoms with van der Waals surface area (Å²) in [5.74, 6) is 0. The monoisotopic (exact) mass is 312 g/mol. The van der Waals surface area contributed by atoms with Crippen LogP contribution in [0.25, 0.3) is 0 Å². The first-order valence-electron chi connectivity index (χ1n) is 7.95. The van der Waals surface area contributed by atoms with Crippen molar-refractivity contribution >= 4 is 22.9 Å². The van der Waals surface area contributed by atoms with Crippen LogP contribution in [-0.4, -0.2) is 29.6 Å². The molecule has 0 radical (unpaired) electrons. The molecule has 0 bridgehead atoms. The molecule has 1 saturated carbocycles. The lowest BCUT2D eigenvalue weighted by molar-refractivity contribution is 0.0484. The van der Waals surface area contributed by atoms with Gasteiger partial charge in [-0.05, 0) is 57.3 Å². The summed E-state index contributed by atoms with van der Waals surface area (Å²) in [6.07, 6.45) is 10.3. The molecular weight excluding hydrogens is 288 g/mol. The van der Waals surface area contributed by atoms with Crippen LogP contribution >= 0.6 is 22.9 Å². The fourth-order valence-corrected chi connectivity index (χ4v) is 5.26. The molecule has 1 aliphatic carbocycles. The number of nitrogens with two attached hydrogens (primary N) is 1. The van der Waals surface area contributed by atoms with Gasteiger partial charge in [-0.15, -0.1) is 11.3 Å². The molecule has 20 heavy (non-hydrogen) atoms. The summed E-state index contributed by atoms with van der Waals surface area (Å²) in [6.45, 7) is 2.50. The smallest absolute Gasteiger partial charge is 0.0931 e. The Labute approximate surface area is 131 Å². The maximum Gasteiger partial charge on any atom is 0.0931 e. The van der Waals surface area contributed by atoms with Crippen LogP contribution in [0.1, 0.15) is 49.8 Å². The van der Waals surface area contributed by atoms with E-state index in [1.165, 1.54) is 62.9 Å². The van der Waals surface area contributed by atoms with Gasteiger partial charge in [0.1, 0.15) is 0 Å². The molecule has 0 amide bonds. The first kappa shape index (κ1) is 14.8. The lowest BCUT2D eigenvalue weighted by atomic mass is 9.83. The third-order valence-electron chi connectivity index (χ3n) is 5.20. The van der Waals surface area contributed by atoms with Crippen LogP contribution in [0.4, 0.5) is 0 Å². The Morgan fingerprint density at radius 1 is 1.15 bits per heavy atom. The van der Waals surface area contributed by atoms with Gasteiger partial charge < -0.3 is 5.73 Å². The van der Waals surface area contributed by atoms with Crippen LogP contribution in [-0.2, 0) is 6.42 Å². The Bertz CT molecular complexity index is 433. The summed E-state index contributed by atoms with van der Waals surface area (Å²) < 4.78 is 0.880. The fraction of sp³-hybridized carbons (Fsp3) is 0.750. The first-order chi connectivity index (χ1) is 9.71. The molecule has 1 saturated heterocycles. The third-order valence-corrected chi connectivity index (χ3v) is 6.45. The minimum Gasteiger partial charge on any atom is -0.326 e. The van der Waals surface area contributed by atoms with E-state index in [1.54, 1.807) is 11.3 Å². The standard InChI is InChI=1S/C16H25ClN2S/c17-15-7-6-13(20-15)12-14(18)16(8-2-3-9-16)19-10-4-1-5-11-19/h6-7,14H,1-5,8-12,18H2. The lowest BCUT2D eigenvalue weighted by Crippen LogP contribution is -2.60. The molecule has 2 heterocycles. The maximum absolute atomic E-state index is 6.71. The molecule has 112 valence electrons. The van der Waals surface area contributed by atoms with Gasteiger partial charge in [-0.1, -0.05) is 30.9 Å². The number of halogens is 1. The van der Waals surface area contributed by atoms with E-state index in [9.17, 15) is 0 Å². The topological polar surface area (TPSA) is 29.3 Å². The molecule has 4 heteroatoms. The summed E-state index contributed by atoms with van der Waals surface area (Å²) in [5.41, 5.74) is 6.97. The molecule has 0 aromatic carbocycles. The van der Waals surface area contributed by atoms with Gasteiger partial charge in [0.25, 0.3) is 0 Å². The van der Waals surface area contributed by atoms with Crippen molar-refractivity contribution in [3.63, 3.8) is 0 Å². The third kappa shape index (κ3) is 2.92. The normalized spacial score (nSPS) is 24.9. The number of rotatable bonds is 4. The Kier molecular flexibility index (Phi) is 4.71. The van der Waals surface area contributed by atoms with Gasteiger partial charge in [-0.2, -0.15) is 0 Å². The van der Waals surface area contributed by atoms with Crippen molar-refractivity contribution in [2.75, 3.05) is 13.1 Å². The molecule has 2 aliphatic rings. The van der Waals surface area contributed by atoms with E-state index in [1.807, 2.05) is 6.07 Å². The van der Waals surface area contributed by atoms with E-state index < -0.39 is 0 Å². The van der Waals surface area contributed by atoms with Crippen molar-refractivity contribution in [2.45, 2.75) is 62.9 Å². The molecule has 1 aromatic rings. The average Bonchev–Trinajstić information content (AvgIpc) is 3.10. The SMILES string of the molecule is NC(Cc1ccc(Cl)s1)C1(N2CCCCC2)CCCC1. The molecule has 3 rings (SSSR count). The van der Waals surface area contributed by atoms with Crippen molar-refractivity contribution in [3.8, 4) is 0 Å². The van der Waals surface area contributed by atoms with E-state index in [4.69, 9.17) is 17.3 Å². The second-order valence-electron chi connectivity index (χ2n) is 6.37. The zero-order valence-corrected chi connectivity index (χ0v) is 13.7. The highest BCUT2D eigenvalue weighted by Crippen LogP contribution is 2.40. The van der Waals surface area contributed by atoms with Crippen LogP contribution in [0.3, 0.4) is 0 Å². The van der Waals surface area contributed by atoms with Crippen LogP contribution in [0.2, 0.25) is 4.34 Å². The van der Waals surface area contributed by atoms with E-state index >= 15 is 0 Å². The molecule has 2 fully saturated rings. The van der Waals surface area contributed by atoms with Gasteiger partial charge in [-0.25, -0.2) is 0 Å². The molecule has 2 nitrogen and oxygen atoms in total.